The molecule has 1 aliphatic heterocycles. The fourth-order valence-electron chi connectivity index (χ4n) is 2.86. The van der Waals surface area contributed by atoms with E-state index in [-0.39, 0.29) is 6.04 Å². The van der Waals surface area contributed by atoms with Gasteiger partial charge in [-0.3, -0.25) is 4.90 Å². The van der Waals surface area contributed by atoms with Crippen LogP contribution in [0.25, 0.3) is 11.5 Å². The van der Waals surface area contributed by atoms with E-state index in [0.29, 0.717) is 11.8 Å². The Kier molecular flexibility index (Phi) is 3.59. The molecule has 1 aliphatic rings. The van der Waals surface area contributed by atoms with Gasteiger partial charge in [0, 0.05) is 24.8 Å². The summed E-state index contributed by atoms with van der Waals surface area (Å²) in [4.78, 5) is 10.8. The molecule has 0 fully saturated rings. The third-order valence-electron chi connectivity index (χ3n) is 4.27. The second-order valence-electron chi connectivity index (χ2n) is 5.70. The van der Waals surface area contributed by atoms with Crippen molar-refractivity contribution in [1.82, 2.24) is 25.1 Å². The summed E-state index contributed by atoms with van der Waals surface area (Å²) in [5, 5.41) is 8.41. The Morgan fingerprint density at radius 2 is 2.04 bits per heavy atom. The Hall–Kier alpha value is -2.60. The monoisotopic (exact) mass is 307 g/mol. The number of hydrogen-bond donors (Lipinski definition) is 0. The van der Waals surface area contributed by atoms with Gasteiger partial charge in [0.1, 0.15) is 6.33 Å². The van der Waals surface area contributed by atoms with Gasteiger partial charge < -0.3 is 4.42 Å². The first-order valence-electron chi connectivity index (χ1n) is 7.72. The molecule has 6 nitrogen and oxygen atoms in total. The van der Waals surface area contributed by atoms with E-state index >= 15 is 0 Å². The van der Waals surface area contributed by atoms with Crippen LogP contribution in [0.3, 0.4) is 0 Å². The minimum absolute atomic E-state index is 0.0584. The molecule has 0 unspecified atom stereocenters. The lowest BCUT2D eigenvalue weighted by Gasteiger charge is -2.30. The first kappa shape index (κ1) is 14.0. The average molecular weight is 307 g/mol. The standard InChI is InChI=1S/C17H17N5O/c1-12(22-8-7-14-9-18-11-19-15(14)10-22)16-20-21-17(23-16)13-5-3-2-4-6-13/h2-6,9,11-12H,7-8,10H2,1H3/t12-/m0/s1. The van der Waals surface area contributed by atoms with Gasteiger partial charge in [-0.2, -0.15) is 0 Å². The van der Waals surface area contributed by atoms with Crippen molar-refractivity contribution >= 4 is 0 Å². The molecule has 6 heteroatoms. The van der Waals surface area contributed by atoms with E-state index in [9.17, 15) is 0 Å². The Bertz CT molecular complexity index is 802. The fourth-order valence-corrected chi connectivity index (χ4v) is 2.86. The first-order valence-corrected chi connectivity index (χ1v) is 7.72. The second kappa shape index (κ2) is 5.89. The van der Waals surface area contributed by atoms with Gasteiger partial charge in [0.05, 0.1) is 11.7 Å². The molecule has 116 valence electrons. The van der Waals surface area contributed by atoms with Crippen LogP contribution in [0.2, 0.25) is 0 Å². The molecule has 3 aromatic rings. The van der Waals surface area contributed by atoms with Gasteiger partial charge in [0.25, 0.3) is 0 Å². The van der Waals surface area contributed by atoms with Crippen LogP contribution in [0.1, 0.15) is 30.1 Å². The molecule has 0 radical (unpaired) electrons. The lowest BCUT2D eigenvalue weighted by atomic mass is 10.1. The van der Waals surface area contributed by atoms with Gasteiger partial charge in [0.15, 0.2) is 0 Å². The highest BCUT2D eigenvalue weighted by Gasteiger charge is 2.26. The van der Waals surface area contributed by atoms with Crippen LogP contribution in [0.4, 0.5) is 0 Å². The quantitative estimate of drug-likeness (QED) is 0.741. The molecule has 2 aromatic heterocycles. The zero-order chi connectivity index (χ0) is 15.6. The highest BCUT2D eigenvalue weighted by atomic mass is 16.4. The van der Waals surface area contributed by atoms with Crippen LogP contribution in [0.5, 0.6) is 0 Å². The van der Waals surface area contributed by atoms with Crippen LogP contribution >= 0.6 is 0 Å². The molecule has 4 rings (SSSR count). The van der Waals surface area contributed by atoms with Crippen LogP contribution in [-0.4, -0.2) is 31.6 Å². The van der Waals surface area contributed by atoms with Crippen molar-refractivity contribution in [3.05, 3.63) is 60.0 Å². The highest BCUT2D eigenvalue weighted by molar-refractivity contribution is 5.51. The minimum Gasteiger partial charge on any atom is -0.419 e. The fraction of sp³-hybridized carbons (Fsp3) is 0.294. The van der Waals surface area contributed by atoms with Crippen LogP contribution in [0, 0.1) is 0 Å². The summed E-state index contributed by atoms with van der Waals surface area (Å²) in [5.74, 6) is 1.20. The average Bonchev–Trinajstić information content (AvgIpc) is 3.11. The van der Waals surface area contributed by atoms with E-state index < -0.39 is 0 Å². The van der Waals surface area contributed by atoms with Crippen LogP contribution in [-0.2, 0) is 13.0 Å². The third kappa shape index (κ3) is 2.73. The van der Waals surface area contributed by atoms with Crippen molar-refractivity contribution in [2.75, 3.05) is 6.54 Å². The van der Waals surface area contributed by atoms with E-state index in [1.54, 1.807) is 6.33 Å². The van der Waals surface area contributed by atoms with Crippen molar-refractivity contribution in [3.8, 4) is 11.5 Å². The van der Waals surface area contributed by atoms with Crippen LogP contribution < -0.4 is 0 Å². The van der Waals surface area contributed by atoms with Gasteiger partial charge in [-0.1, -0.05) is 18.2 Å². The molecule has 0 saturated heterocycles. The third-order valence-corrected chi connectivity index (χ3v) is 4.27. The number of fused-ring (bicyclic) bond motifs is 1. The van der Waals surface area contributed by atoms with Crippen molar-refractivity contribution in [1.29, 1.82) is 0 Å². The van der Waals surface area contributed by atoms with Gasteiger partial charge in [-0.25, -0.2) is 9.97 Å². The maximum absolute atomic E-state index is 5.88. The lowest BCUT2D eigenvalue weighted by molar-refractivity contribution is 0.164. The summed E-state index contributed by atoms with van der Waals surface area (Å²) in [6.45, 7) is 3.81. The van der Waals surface area contributed by atoms with Crippen LogP contribution in [0.15, 0.2) is 47.3 Å². The Morgan fingerprint density at radius 3 is 2.91 bits per heavy atom. The molecule has 0 spiro atoms. The number of nitrogens with zero attached hydrogens (tertiary/aromatic N) is 5. The highest BCUT2D eigenvalue weighted by Crippen LogP contribution is 2.27. The summed E-state index contributed by atoms with van der Waals surface area (Å²) in [6, 6.07) is 9.89. The second-order valence-corrected chi connectivity index (χ2v) is 5.70. The molecule has 0 aliphatic carbocycles. The van der Waals surface area contributed by atoms with E-state index in [1.165, 1.54) is 5.56 Å². The van der Waals surface area contributed by atoms with Gasteiger partial charge in [0.2, 0.25) is 11.8 Å². The summed E-state index contributed by atoms with van der Waals surface area (Å²) in [6.07, 6.45) is 4.46. The van der Waals surface area contributed by atoms with Crippen molar-refractivity contribution in [3.63, 3.8) is 0 Å². The van der Waals surface area contributed by atoms with Gasteiger partial charge in [-0.15, -0.1) is 10.2 Å². The molecular weight excluding hydrogens is 290 g/mol. The molecular formula is C17H17N5O. The van der Waals surface area contributed by atoms with E-state index in [2.05, 4.69) is 32.0 Å². The molecule has 0 saturated carbocycles. The summed E-state index contributed by atoms with van der Waals surface area (Å²) >= 11 is 0. The van der Waals surface area contributed by atoms with Crippen molar-refractivity contribution < 1.29 is 4.42 Å². The predicted molar refractivity (Wildman–Crippen MR) is 84.3 cm³/mol. The van der Waals surface area contributed by atoms with Gasteiger partial charge >= 0.3 is 0 Å². The number of hydrogen-bond acceptors (Lipinski definition) is 6. The van der Waals surface area contributed by atoms with Crippen molar-refractivity contribution in [2.45, 2.75) is 25.9 Å². The zero-order valence-electron chi connectivity index (χ0n) is 12.9. The topological polar surface area (TPSA) is 67.9 Å². The molecule has 0 N–H and O–H groups in total. The van der Waals surface area contributed by atoms with E-state index in [1.807, 2.05) is 36.5 Å². The van der Waals surface area contributed by atoms with E-state index in [4.69, 9.17) is 4.42 Å². The maximum Gasteiger partial charge on any atom is 0.247 e. The molecule has 1 aromatic carbocycles. The largest absolute Gasteiger partial charge is 0.419 e. The predicted octanol–water partition coefficient (Wildman–Crippen LogP) is 2.65. The Balaban J connectivity index is 1.54. The van der Waals surface area contributed by atoms with Crippen molar-refractivity contribution in [2.24, 2.45) is 0 Å². The van der Waals surface area contributed by atoms with E-state index in [0.717, 1.165) is 30.8 Å². The van der Waals surface area contributed by atoms with Gasteiger partial charge in [-0.05, 0) is 31.0 Å². The maximum atomic E-state index is 5.88. The molecule has 3 heterocycles. The summed E-state index contributed by atoms with van der Waals surface area (Å²) in [5.41, 5.74) is 3.25. The number of rotatable bonds is 3. The molecule has 23 heavy (non-hydrogen) atoms. The molecule has 0 amide bonds. The minimum atomic E-state index is 0.0584. The normalized spacial score (nSPS) is 16.0. The first-order chi connectivity index (χ1) is 11.3. The SMILES string of the molecule is C[C@@H](c1nnc(-c2ccccc2)o1)N1CCc2cncnc2C1. The number of aromatic nitrogens is 4. The summed E-state index contributed by atoms with van der Waals surface area (Å²) < 4.78 is 5.88. The molecule has 0 bridgehead atoms. The lowest BCUT2D eigenvalue weighted by Crippen LogP contribution is -2.33. The Labute approximate surface area is 134 Å². The number of benzene rings is 1. The summed E-state index contributed by atoms with van der Waals surface area (Å²) in [7, 11) is 0. The Morgan fingerprint density at radius 1 is 1.17 bits per heavy atom. The smallest absolute Gasteiger partial charge is 0.247 e. The zero-order valence-corrected chi connectivity index (χ0v) is 12.9. The molecule has 1 atom stereocenters.